The van der Waals surface area contributed by atoms with Crippen LogP contribution in [-0.2, 0) is 33.2 Å². The lowest BCUT2D eigenvalue weighted by Crippen LogP contribution is -2.66. The molecular formula is C64H119NO18. The van der Waals surface area contributed by atoms with Gasteiger partial charge in [0.25, 0.3) is 0 Å². The minimum absolute atomic E-state index is 0.249. The molecule has 488 valence electrons. The van der Waals surface area contributed by atoms with Crippen LogP contribution in [0.4, 0.5) is 0 Å². The number of rotatable bonds is 50. The normalized spacial score (nSPS) is 29.5. The van der Waals surface area contributed by atoms with Gasteiger partial charge >= 0.3 is 0 Å². The third-order valence-electron chi connectivity index (χ3n) is 16.8. The van der Waals surface area contributed by atoms with Gasteiger partial charge < -0.3 is 89.9 Å². The topological polar surface area (TPSA) is 307 Å². The van der Waals surface area contributed by atoms with Crippen LogP contribution in [0.2, 0.25) is 0 Å². The number of carbonyl (C=O) groups is 1. The second-order valence-electron chi connectivity index (χ2n) is 23.9. The van der Waals surface area contributed by atoms with Crippen LogP contribution < -0.4 is 5.32 Å². The van der Waals surface area contributed by atoms with Crippen LogP contribution in [0.5, 0.6) is 0 Å². The molecule has 0 aliphatic carbocycles. The summed E-state index contributed by atoms with van der Waals surface area (Å²) in [5, 5.41) is 121. The molecule has 0 bridgehead atoms. The predicted octanol–water partition coefficient (Wildman–Crippen LogP) is 7.49. The van der Waals surface area contributed by atoms with Crippen LogP contribution in [-0.4, -0.2) is 193 Å². The zero-order chi connectivity index (χ0) is 60.5. The first-order valence-electron chi connectivity index (χ1n) is 33.1. The molecule has 0 radical (unpaired) electrons. The van der Waals surface area contributed by atoms with Crippen LogP contribution in [0, 0.1) is 0 Å². The van der Waals surface area contributed by atoms with E-state index in [9.17, 15) is 61.0 Å². The molecule has 3 aliphatic heterocycles. The number of hydrogen-bond acceptors (Lipinski definition) is 18. The summed E-state index contributed by atoms with van der Waals surface area (Å²) in [6, 6.07) is -0.890. The highest BCUT2D eigenvalue weighted by Crippen LogP contribution is 2.33. The summed E-state index contributed by atoms with van der Waals surface area (Å²) in [4.78, 5) is 13.4. The fourth-order valence-electron chi connectivity index (χ4n) is 11.3. The average molecular weight is 1190 g/mol. The van der Waals surface area contributed by atoms with Gasteiger partial charge in [0.1, 0.15) is 73.2 Å². The molecule has 12 N–H and O–H groups in total. The Morgan fingerprint density at radius 1 is 0.434 bits per heavy atom. The highest BCUT2D eigenvalue weighted by molar-refractivity contribution is 5.76. The second-order valence-corrected chi connectivity index (χ2v) is 23.9. The lowest BCUT2D eigenvalue weighted by atomic mass is 9.96. The maximum absolute atomic E-state index is 13.4. The number of allylic oxidation sites excluding steroid dienone is 4. The average Bonchev–Trinajstić information content (AvgIpc) is 3.35. The van der Waals surface area contributed by atoms with Crippen molar-refractivity contribution in [3.8, 4) is 0 Å². The zero-order valence-electron chi connectivity index (χ0n) is 51.2. The van der Waals surface area contributed by atoms with Gasteiger partial charge in [-0.3, -0.25) is 4.79 Å². The molecule has 0 saturated carbocycles. The monoisotopic (exact) mass is 1190 g/mol. The van der Waals surface area contributed by atoms with Gasteiger partial charge in [-0.2, -0.15) is 0 Å². The first kappa shape index (κ1) is 75.5. The van der Waals surface area contributed by atoms with E-state index in [1.807, 2.05) is 0 Å². The number of nitrogens with one attached hydrogen (secondary N) is 1. The van der Waals surface area contributed by atoms with Gasteiger partial charge in [0.05, 0.1) is 38.6 Å². The van der Waals surface area contributed by atoms with Crippen molar-refractivity contribution in [1.29, 1.82) is 0 Å². The fraction of sp³-hybridized carbons (Fsp3) is 0.922. The molecule has 17 atom stereocenters. The molecule has 17 unspecified atom stereocenters. The SMILES string of the molecule is CCCCCC/C=C\C/C=C\CCCCCCCCCC(=O)NC(COC1OC(CO)C(OC2OC(CO)C(OC3OC(CO)C(O)C(O)C3O)C(O)C2O)C(O)C1O)C(O)CCCCCCCCCCCCCCCCCCCCCC. The van der Waals surface area contributed by atoms with E-state index in [4.69, 9.17) is 28.4 Å². The Morgan fingerprint density at radius 3 is 1.24 bits per heavy atom. The van der Waals surface area contributed by atoms with Crippen LogP contribution in [0.1, 0.15) is 245 Å². The minimum Gasteiger partial charge on any atom is -0.394 e. The lowest BCUT2D eigenvalue weighted by Gasteiger charge is -2.48. The van der Waals surface area contributed by atoms with Gasteiger partial charge in [0, 0.05) is 6.42 Å². The standard InChI is InChI=1S/C64H119NO18/c1-3-5-7-9-11-13-15-17-19-21-23-24-25-27-29-31-33-35-37-39-41-48(69)47(65-52(70)42-40-38-36-34-32-30-28-26-22-20-18-16-14-12-10-8-6-4-2)46-78-62-58(76)55(73)60(50(44-67)80-62)83-64-59(77)56(74)61(51(45-68)81-64)82-63-57(75)54(72)53(71)49(43-66)79-63/h14,16,20,22,47-51,53-64,66-69,71-77H,3-13,15,17-19,21,23-46H2,1-2H3,(H,65,70)/b16-14-,22-20-. The van der Waals surface area contributed by atoms with Gasteiger partial charge in [-0.15, -0.1) is 0 Å². The Balaban J connectivity index is 1.46. The molecule has 3 aliphatic rings. The number of aliphatic hydroxyl groups is 11. The molecule has 19 nitrogen and oxygen atoms in total. The van der Waals surface area contributed by atoms with Crippen LogP contribution >= 0.6 is 0 Å². The Hall–Kier alpha value is -1.73. The molecule has 3 fully saturated rings. The molecule has 0 aromatic heterocycles. The van der Waals surface area contributed by atoms with E-state index in [1.165, 1.54) is 141 Å². The van der Waals surface area contributed by atoms with E-state index in [-0.39, 0.29) is 18.9 Å². The Labute approximate surface area is 498 Å². The van der Waals surface area contributed by atoms with E-state index < -0.39 is 124 Å². The lowest BCUT2D eigenvalue weighted by molar-refractivity contribution is -0.379. The van der Waals surface area contributed by atoms with Gasteiger partial charge in [-0.1, -0.05) is 218 Å². The van der Waals surface area contributed by atoms with Crippen molar-refractivity contribution in [1.82, 2.24) is 5.32 Å². The molecule has 83 heavy (non-hydrogen) atoms. The fourth-order valence-corrected chi connectivity index (χ4v) is 11.3. The third-order valence-corrected chi connectivity index (χ3v) is 16.8. The highest BCUT2D eigenvalue weighted by atomic mass is 16.8. The first-order chi connectivity index (χ1) is 40.3. The molecule has 0 aromatic carbocycles. The number of unbranched alkanes of at least 4 members (excludes halogenated alkanes) is 30. The first-order valence-corrected chi connectivity index (χ1v) is 33.1. The largest absolute Gasteiger partial charge is 0.394 e. The molecule has 1 amide bonds. The maximum Gasteiger partial charge on any atom is 0.220 e. The molecular weight excluding hydrogens is 1070 g/mol. The van der Waals surface area contributed by atoms with Gasteiger partial charge in [-0.25, -0.2) is 0 Å². The second kappa shape index (κ2) is 47.3. The summed E-state index contributed by atoms with van der Waals surface area (Å²) in [7, 11) is 0. The van der Waals surface area contributed by atoms with Crippen molar-refractivity contribution in [3.05, 3.63) is 24.3 Å². The summed E-state index contributed by atoms with van der Waals surface area (Å²) in [5.41, 5.74) is 0. The molecule has 3 rings (SSSR count). The van der Waals surface area contributed by atoms with Crippen LogP contribution in [0.25, 0.3) is 0 Å². The smallest absolute Gasteiger partial charge is 0.220 e. The molecule has 0 aromatic rings. The Kier molecular flexibility index (Phi) is 43.0. The van der Waals surface area contributed by atoms with E-state index in [1.54, 1.807) is 0 Å². The predicted molar refractivity (Wildman–Crippen MR) is 319 cm³/mol. The van der Waals surface area contributed by atoms with Crippen LogP contribution in [0.3, 0.4) is 0 Å². The van der Waals surface area contributed by atoms with Gasteiger partial charge in [-0.05, 0) is 44.9 Å². The Morgan fingerprint density at radius 2 is 0.795 bits per heavy atom. The van der Waals surface area contributed by atoms with Crippen molar-refractivity contribution in [2.24, 2.45) is 0 Å². The molecule has 19 heteroatoms. The van der Waals surface area contributed by atoms with E-state index in [2.05, 4.69) is 43.5 Å². The zero-order valence-corrected chi connectivity index (χ0v) is 51.2. The van der Waals surface area contributed by atoms with E-state index in [0.29, 0.717) is 12.8 Å². The summed E-state index contributed by atoms with van der Waals surface area (Å²) in [6.07, 6.45) is 23.9. The summed E-state index contributed by atoms with van der Waals surface area (Å²) in [6.45, 7) is 1.79. The number of ether oxygens (including phenoxy) is 6. The van der Waals surface area contributed by atoms with Crippen LogP contribution in [0.15, 0.2) is 24.3 Å². The quantitative estimate of drug-likeness (QED) is 0.0207. The van der Waals surface area contributed by atoms with E-state index in [0.717, 1.165) is 70.6 Å². The number of amides is 1. The van der Waals surface area contributed by atoms with Crippen molar-refractivity contribution in [3.63, 3.8) is 0 Å². The van der Waals surface area contributed by atoms with Gasteiger partial charge in [0.2, 0.25) is 5.91 Å². The van der Waals surface area contributed by atoms with Crippen molar-refractivity contribution in [2.45, 2.75) is 349 Å². The summed E-state index contributed by atoms with van der Waals surface area (Å²) >= 11 is 0. The minimum atomic E-state index is -1.97. The summed E-state index contributed by atoms with van der Waals surface area (Å²) < 4.78 is 34.4. The molecule has 0 spiro atoms. The maximum atomic E-state index is 13.4. The highest BCUT2D eigenvalue weighted by Gasteiger charge is 2.53. The number of aliphatic hydroxyl groups excluding tert-OH is 11. The van der Waals surface area contributed by atoms with Crippen molar-refractivity contribution >= 4 is 5.91 Å². The van der Waals surface area contributed by atoms with E-state index >= 15 is 0 Å². The van der Waals surface area contributed by atoms with Gasteiger partial charge in [0.15, 0.2) is 18.9 Å². The number of carbonyl (C=O) groups excluding carboxylic acids is 1. The number of hydrogen-bond donors (Lipinski definition) is 12. The molecule has 3 heterocycles. The third kappa shape index (κ3) is 30.4. The van der Waals surface area contributed by atoms with Crippen molar-refractivity contribution < 1.29 is 89.4 Å². The Bertz CT molecular complexity index is 1610. The summed E-state index contributed by atoms with van der Waals surface area (Å²) in [5.74, 6) is -0.249. The van der Waals surface area contributed by atoms with Crippen molar-refractivity contribution in [2.75, 3.05) is 26.4 Å². The molecule has 3 saturated heterocycles.